The number of hydrogen-bond acceptors (Lipinski definition) is 3. The summed E-state index contributed by atoms with van der Waals surface area (Å²) < 4.78 is 10.8. The molecule has 1 saturated heterocycles. The number of likely N-dealkylation sites (tertiary alicyclic amines) is 1. The fourth-order valence-corrected chi connectivity index (χ4v) is 3.13. The topological polar surface area (TPSA) is 38.8 Å². The van der Waals surface area contributed by atoms with E-state index in [0.717, 1.165) is 30.8 Å². The molecule has 122 valence electrons. The second-order valence-electron chi connectivity index (χ2n) is 6.06. The highest BCUT2D eigenvalue weighted by Gasteiger charge is 2.28. The zero-order valence-corrected chi connectivity index (χ0v) is 13.9. The lowest BCUT2D eigenvalue weighted by molar-refractivity contribution is -0.137. The molecule has 2 atom stereocenters. The number of nitrogens with zero attached hydrogens (tertiary/aromatic N) is 1. The maximum absolute atomic E-state index is 12.4. The Morgan fingerprint density at radius 3 is 2.32 bits per heavy atom. The van der Waals surface area contributed by atoms with Gasteiger partial charge < -0.3 is 14.4 Å². The standard InChI is InChI=1S/C18H27NO3/c1-14-6-4-7-15(2)19(14)18(20)8-5-13-22-17-11-9-16(21-3)10-12-17/h9-12,14-15H,4-8,13H2,1-3H3. The summed E-state index contributed by atoms with van der Waals surface area (Å²) in [5.41, 5.74) is 0. The summed E-state index contributed by atoms with van der Waals surface area (Å²) in [6, 6.07) is 8.26. The fourth-order valence-electron chi connectivity index (χ4n) is 3.13. The molecule has 1 amide bonds. The Morgan fingerprint density at radius 1 is 1.14 bits per heavy atom. The quantitative estimate of drug-likeness (QED) is 0.753. The van der Waals surface area contributed by atoms with Gasteiger partial charge in [-0.15, -0.1) is 0 Å². The Kier molecular flexibility index (Phi) is 6.10. The molecule has 1 aromatic carbocycles. The number of piperidine rings is 1. The van der Waals surface area contributed by atoms with Crippen molar-refractivity contribution in [2.75, 3.05) is 13.7 Å². The Hall–Kier alpha value is -1.71. The predicted octanol–water partition coefficient (Wildman–Crippen LogP) is 3.64. The molecule has 1 aliphatic rings. The first-order chi connectivity index (χ1) is 10.6. The Morgan fingerprint density at radius 2 is 1.73 bits per heavy atom. The minimum absolute atomic E-state index is 0.262. The SMILES string of the molecule is COc1ccc(OCCCC(=O)N2C(C)CCCC2C)cc1. The molecule has 2 unspecified atom stereocenters. The Balaban J connectivity index is 1.72. The van der Waals surface area contributed by atoms with Crippen molar-refractivity contribution in [1.29, 1.82) is 0 Å². The molecule has 1 heterocycles. The van der Waals surface area contributed by atoms with Gasteiger partial charge in [-0.3, -0.25) is 4.79 Å². The van der Waals surface area contributed by atoms with E-state index in [0.29, 0.717) is 25.1 Å². The van der Waals surface area contributed by atoms with Crippen molar-refractivity contribution in [3.8, 4) is 11.5 Å². The summed E-state index contributed by atoms with van der Waals surface area (Å²) in [5.74, 6) is 1.89. The Bertz CT molecular complexity index is 462. The molecule has 1 aromatic rings. The van der Waals surface area contributed by atoms with Gasteiger partial charge in [-0.25, -0.2) is 0 Å². The average Bonchev–Trinajstić information content (AvgIpc) is 2.52. The van der Waals surface area contributed by atoms with Crippen LogP contribution in [0, 0.1) is 0 Å². The van der Waals surface area contributed by atoms with Crippen LogP contribution in [0.4, 0.5) is 0 Å². The molecular weight excluding hydrogens is 278 g/mol. The van der Waals surface area contributed by atoms with Crippen molar-refractivity contribution in [2.45, 2.75) is 58.0 Å². The summed E-state index contributed by atoms with van der Waals surface area (Å²) in [6.45, 7) is 4.87. The van der Waals surface area contributed by atoms with Gasteiger partial charge in [0.05, 0.1) is 13.7 Å². The van der Waals surface area contributed by atoms with Crippen LogP contribution in [-0.4, -0.2) is 36.6 Å². The number of carbonyl (C=O) groups is 1. The smallest absolute Gasteiger partial charge is 0.223 e. The molecule has 0 spiro atoms. The molecule has 0 saturated carbocycles. The second kappa shape index (κ2) is 8.06. The highest BCUT2D eigenvalue weighted by atomic mass is 16.5. The lowest BCUT2D eigenvalue weighted by Gasteiger charge is -2.39. The molecule has 4 heteroatoms. The number of hydrogen-bond donors (Lipinski definition) is 0. The molecule has 22 heavy (non-hydrogen) atoms. The number of benzene rings is 1. The zero-order valence-electron chi connectivity index (χ0n) is 13.9. The summed E-state index contributed by atoms with van der Waals surface area (Å²) in [7, 11) is 1.64. The first kappa shape index (κ1) is 16.7. The first-order valence-corrected chi connectivity index (χ1v) is 8.20. The van der Waals surface area contributed by atoms with E-state index in [2.05, 4.69) is 18.7 Å². The third-order valence-corrected chi connectivity index (χ3v) is 4.34. The van der Waals surface area contributed by atoms with Crippen LogP contribution in [0.25, 0.3) is 0 Å². The van der Waals surface area contributed by atoms with Gasteiger partial charge in [0, 0.05) is 18.5 Å². The van der Waals surface area contributed by atoms with E-state index in [9.17, 15) is 4.79 Å². The van der Waals surface area contributed by atoms with Crippen LogP contribution in [0.15, 0.2) is 24.3 Å². The van der Waals surface area contributed by atoms with Gasteiger partial charge in [-0.05, 0) is 63.8 Å². The fraction of sp³-hybridized carbons (Fsp3) is 0.611. The molecule has 4 nitrogen and oxygen atoms in total. The van der Waals surface area contributed by atoms with Gasteiger partial charge in [0.25, 0.3) is 0 Å². The number of methoxy groups -OCH3 is 1. The normalized spacial score (nSPS) is 21.5. The van der Waals surface area contributed by atoms with Gasteiger partial charge in [0.15, 0.2) is 0 Å². The van der Waals surface area contributed by atoms with Crippen LogP contribution in [-0.2, 0) is 4.79 Å². The third-order valence-electron chi connectivity index (χ3n) is 4.34. The van der Waals surface area contributed by atoms with Crippen LogP contribution in [0.1, 0.15) is 46.0 Å². The molecular formula is C18H27NO3. The molecule has 0 aliphatic carbocycles. The second-order valence-corrected chi connectivity index (χ2v) is 6.06. The molecule has 0 radical (unpaired) electrons. The van der Waals surface area contributed by atoms with Gasteiger partial charge in [-0.2, -0.15) is 0 Å². The average molecular weight is 305 g/mol. The van der Waals surface area contributed by atoms with Crippen LogP contribution >= 0.6 is 0 Å². The van der Waals surface area contributed by atoms with Crippen molar-refractivity contribution >= 4 is 5.91 Å². The van der Waals surface area contributed by atoms with E-state index in [4.69, 9.17) is 9.47 Å². The maximum Gasteiger partial charge on any atom is 0.223 e. The summed E-state index contributed by atoms with van der Waals surface area (Å²) in [4.78, 5) is 14.4. The van der Waals surface area contributed by atoms with Crippen LogP contribution in [0.3, 0.4) is 0 Å². The van der Waals surface area contributed by atoms with Crippen LogP contribution in [0.2, 0.25) is 0 Å². The van der Waals surface area contributed by atoms with Gasteiger partial charge >= 0.3 is 0 Å². The van der Waals surface area contributed by atoms with E-state index in [-0.39, 0.29) is 5.91 Å². The van der Waals surface area contributed by atoms with E-state index in [1.807, 2.05) is 24.3 Å². The van der Waals surface area contributed by atoms with Crippen molar-refractivity contribution in [3.05, 3.63) is 24.3 Å². The molecule has 1 aliphatic heterocycles. The number of ether oxygens (including phenoxy) is 2. The number of amides is 1. The lowest BCUT2D eigenvalue weighted by Crippen LogP contribution is -2.47. The summed E-state index contributed by atoms with van der Waals surface area (Å²) in [6.07, 6.45) is 4.79. The van der Waals surface area contributed by atoms with Crippen molar-refractivity contribution in [2.24, 2.45) is 0 Å². The summed E-state index contributed by atoms with van der Waals surface area (Å²) >= 11 is 0. The van der Waals surface area contributed by atoms with E-state index in [1.165, 1.54) is 6.42 Å². The molecule has 0 N–H and O–H groups in total. The predicted molar refractivity (Wildman–Crippen MR) is 87.3 cm³/mol. The highest BCUT2D eigenvalue weighted by Crippen LogP contribution is 2.23. The van der Waals surface area contributed by atoms with Crippen molar-refractivity contribution in [3.63, 3.8) is 0 Å². The van der Waals surface area contributed by atoms with E-state index < -0.39 is 0 Å². The van der Waals surface area contributed by atoms with Gasteiger partial charge in [0.1, 0.15) is 11.5 Å². The van der Waals surface area contributed by atoms with E-state index in [1.54, 1.807) is 7.11 Å². The first-order valence-electron chi connectivity index (χ1n) is 8.20. The van der Waals surface area contributed by atoms with Gasteiger partial charge in [0.2, 0.25) is 5.91 Å². The van der Waals surface area contributed by atoms with Crippen molar-refractivity contribution < 1.29 is 14.3 Å². The maximum atomic E-state index is 12.4. The zero-order chi connectivity index (χ0) is 15.9. The van der Waals surface area contributed by atoms with Crippen LogP contribution < -0.4 is 9.47 Å². The third kappa shape index (κ3) is 4.39. The number of carbonyl (C=O) groups excluding carboxylic acids is 1. The van der Waals surface area contributed by atoms with E-state index >= 15 is 0 Å². The number of rotatable bonds is 6. The van der Waals surface area contributed by atoms with Gasteiger partial charge in [-0.1, -0.05) is 0 Å². The van der Waals surface area contributed by atoms with Crippen LogP contribution in [0.5, 0.6) is 11.5 Å². The summed E-state index contributed by atoms with van der Waals surface area (Å²) in [5, 5.41) is 0. The minimum Gasteiger partial charge on any atom is -0.497 e. The Labute approximate surface area is 133 Å². The largest absolute Gasteiger partial charge is 0.497 e. The lowest BCUT2D eigenvalue weighted by atomic mass is 9.97. The molecule has 0 bridgehead atoms. The molecule has 2 rings (SSSR count). The molecule has 0 aromatic heterocycles. The monoisotopic (exact) mass is 305 g/mol. The minimum atomic E-state index is 0.262. The highest BCUT2D eigenvalue weighted by molar-refractivity contribution is 5.76. The molecule has 1 fully saturated rings. The van der Waals surface area contributed by atoms with Crippen molar-refractivity contribution in [1.82, 2.24) is 4.90 Å².